The summed E-state index contributed by atoms with van der Waals surface area (Å²) in [7, 11) is 0. The number of nitrogens with zero attached hydrogens (tertiary/aromatic N) is 3. The van der Waals surface area contributed by atoms with Crippen molar-refractivity contribution in [2.45, 2.75) is 17.4 Å². The molecule has 1 N–H and O–H groups in total. The average molecular weight is 428 g/mol. The quantitative estimate of drug-likeness (QED) is 0.598. The van der Waals surface area contributed by atoms with Crippen LogP contribution in [0.15, 0.2) is 58.2 Å². The van der Waals surface area contributed by atoms with Gasteiger partial charge in [-0.25, -0.2) is 4.39 Å². The van der Waals surface area contributed by atoms with Gasteiger partial charge in [0.15, 0.2) is 0 Å². The van der Waals surface area contributed by atoms with E-state index in [0.29, 0.717) is 5.69 Å². The highest BCUT2D eigenvalue weighted by Gasteiger charge is 2.20. The van der Waals surface area contributed by atoms with Gasteiger partial charge in [0.25, 0.3) is 11.1 Å². The Morgan fingerprint density at radius 1 is 1.13 bits per heavy atom. The third-order valence-electron chi connectivity index (χ3n) is 4.67. The van der Waals surface area contributed by atoms with Crippen molar-refractivity contribution in [2.24, 2.45) is 0 Å². The smallest absolute Gasteiger partial charge is 0.277 e. The summed E-state index contributed by atoms with van der Waals surface area (Å²) < 4.78 is 24.7. The van der Waals surface area contributed by atoms with Crippen molar-refractivity contribution < 1.29 is 18.3 Å². The molecule has 0 saturated carbocycles. The van der Waals surface area contributed by atoms with E-state index in [1.165, 1.54) is 6.07 Å². The van der Waals surface area contributed by atoms with Crippen LogP contribution in [0.4, 0.5) is 15.8 Å². The van der Waals surface area contributed by atoms with Crippen molar-refractivity contribution >= 4 is 29.0 Å². The Bertz CT molecular complexity index is 1010. The number of nitrogens with one attached hydrogen (secondary N) is 1. The molecule has 0 radical (unpaired) electrons. The van der Waals surface area contributed by atoms with Gasteiger partial charge in [-0.3, -0.25) is 4.79 Å². The number of aromatic nitrogens is 2. The molecule has 3 aromatic rings. The van der Waals surface area contributed by atoms with Crippen LogP contribution in [-0.4, -0.2) is 47.7 Å². The largest absolute Gasteiger partial charge is 0.411 e. The Balaban J connectivity index is 1.34. The highest BCUT2D eigenvalue weighted by molar-refractivity contribution is 8.00. The van der Waals surface area contributed by atoms with Crippen molar-refractivity contribution in [3.63, 3.8) is 0 Å². The number of benzene rings is 2. The summed E-state index contributed by atoms with van der Waals surface area (Å²) in [6.07, 6.45) is 0. The molecule has 2 heterocycles. The molecular weight excluding hydrogens is 407 g/mol. The minimum Gasteiger partial charge on any atom is -0.411 e. The number of rotatable bonds is 6. The minimum atomic E-state index is -0.474. The van der Waals surface area contributed by atoms with Gasteiger partial charge in [0, 0.05) is 24.5 Å². The fraction of sp³-hybridized carbons (Fsp3) is 0.286. The molecule has 7 nitrogen and oxygen atoms in total. The predicted octanol–water partition coefficient (Wildman–Crippen LogP) is 3.83. The van der Waals surface area contributed by atoms with Crippen LogP contribution in [0.5, 0.6) is 0 Å². The molecule has 0 unspecified atom stereocenters. The van der Waals surface area contributed by atoms with E-state index in [4.69, 9.17) is 9.15 Å². The van der Waals surface area contributed by atoms with E-state index in [1.807, 2.05) is 24.3 Å². The van der Waals surface area contributed by atoms with Crippen molar-refractivity contribution in [3.05, 3.63) is 54.3 Å². The number of halogens is 1. The van der Waals surface area contributed by atoms with E-state index < -0.39 is 11.1 Å². The lowest BCUT2D eigenvalue weighted by Gasteiger charge is -2.28. The van der Waals surface area contributed by atoms with E-state index in [2.05, 4.69) is 20.4 Å². The first kappa shape index (κ1) is 20.4. The third kappa shape index (κ3) is 4.80. The number of thioether (sulfide) groups is 1. The van der Waals surface area contributed by atoms with Crippen LogP contribution in [0.3, 0.4) is 0 Å². The van der Waals surface area contributed by atoms with Gasteiger partial charge in [0.2, 0.25) is 5.91 Å². The number of amides is 1. The van der Waals surface area contributed by atoms with Gasteiger partial charge in [0.05, 0.1) is 24.0 Å². The van der Waals surface area contributed by atoms with E-state index in [1.54, 1.807) is 25.1 Å². The standard InChI is InChI=1S/C21H21FN4O3S/c1-14(30-21-25-24-20(29-21)17-4-2-3-5-18(17)22)19(27)23-15-6-8-16(9-7-15)26-10-12-28-13-11-26/h2-9,14H,10-13H2,1H3,(H,23,27)/t14-/m1/s1. The fourth-order valence-electron chi connectivity index (χ4n) is 3.03. The highest BCUT2D eigenvalue weighted by atomic mass is 32.2. The molecule has 9 heteroatoms. The molecule has 1 amide bonds. The van der Waals surface area contributed by atoms with E-state index >= 15 is 0 Å². The Morgan fingerprint density at radius 2 is 1.87 bits per heavy atom. The third-order valence-corrected chi connectivity index (χ3v) is 5.60. The van der Waals surface area contributed by atoms with Gasteiger partial charge >= 0.3 is 0 Å². The minimum absolute atomic E-state index is 0.0851. The number of carbonyl (C=O) groups excluding carboxylic acids is 1. The molecule has 0 spiro atoms. The summed E-state index contributed by atoms with van der Waals surface area (Å²) in [6.45, 7) is 4.91. The summed E-state index contributed by atoms with van der Waals surface area (Å²) in [6, 6.07) is 13.9. The second kappa shape index (κ2) is 9.27. The van der Waals surface area contributed by atoms with E-state index in [9.17, 15) is 9.18 Å². The van der Waals surface area contributed by atoms with Gasteiger partial charge in [-0.2, -0.15) is 0 Å². The SMILES string of the molecule is C[C@@H](Sc1nnc(-c2ccccc2F)o1)C(=O)Nc1ccc(N2CCOCC2)cc1. The summed E-state index contributed by atoms with van der Waals surface area (Å²) in [5.74, 6) is -0.546. The normalized spacial score (nSPS) is 15.1. The first-order chi connectivity index (χ1) is 14.6. The number of morpholine rings is 1. The molecule has 156 valence electrons. The van der Waals surface area contributed by atoms with Crippen molar-refractivity contribution in [2.75, 3.05) is 36.5 Å². The topological polar surface area (TPSA) is 80.5 Å². The first-order valence-corrected chi connectivity index (χ1v) is 10.5. The number of hydrogen-bond donors (Lipinski definition) is 1. The molecule has 4 rings (SSSR count). The van der Waals surface area contributed by atoms with Crippen LogP contribution in [-0.2, 0) is 9.53 Å². The average Bonchev–Trinajstić information content (AvgIpc) is 3.23. The second-order valence-electron chi connectivity index (χ2n) is 6.75. The van der Waals surface area contributed by atoms with Crippen LogP contribution in [0, 0.1) is 5.82 Å². The monoisotopic (exact) mass is 428 g/mol. The zero-order valence-electron chi connectivity index (χ0n) is 16.4. The molecule has 0 aliphatic carbocycles. The molecule has 1 fully saturated rings. The predicted molar refractivity (Wildman–Crippen MR) is 113 cm³/mol. The van der Waals surface area contributed by atoms with Crippen LogP contribution in [0.1, 0.15) is 6.92 Å². The van der Waals surface area contributed by atoms with Crippen molar-refractivity contribution in [1.29, 1.82) is 0 Å². The highest BCUT2D eigenvalue weighted by Crippen LogP contribution is 2.28. The molecule has 0 bridgehead atoms. The maximum absolute atomic E-state index is 13.9. The zero-order valence-corrected chi connectivity index (χ0v) is 17.2. The molecule has 30 heavy (non-hydrogen) atoms. The van der Waals surface area contributed by atoms with Gasteiger partial charge in [-0.15, -0.1) is 10.2 Å². The molecule has 1 aliphatic rings. The zero-order chi connectivity index (χ0) is 20.9. The summed E-state index contributed by atoms with van der Waals surface area (Å²) >= 11 is 1.12. The van der Waals surface area contributed by atoms with Crippen LogP contribution >= 0.6 is 11.8 Å². The Kier molecular flexibility index (Phi) is 6.29. The summed E-state index contributed by atoms with van der Waals surface area (Å²) in [4.78, 5) is 14.8. The summed E-state index contributed by atoms with van der Waals surface area (Å²) in [5.41, 5.74) is 2.04. The van der Waals surface area contributed by atoms with Crippen LogP contribution in [0.2, 0.25) is 0 Å². The Hall–Kier alpha value is -2.91. The van der Waals surface area contributed by atoms with E-state index in [0.717, 1.165) is 43.8 Å². The maximum atomic E-state index is 13.9. The van der Waals surface area contributed by atoms with Crippen LogP contribution < -0.4 is 10.2 Å². The van der Waals surface area contributed by atoms with Crippen molar-refractivity contribution in [3.8, 4) is 11.5 Å². The Labute approximate surface area is 177 Å². The van der Waals surface area contributed by atoms with Gasteiger partial charge < -0.3 is 19.4 Å². The second-order valence-corrected chi connectivity index (χ2v) is 8.04. The lowest BCUT2D eigenvalue weighted by Crippen LogP contribution is -2.36. The fourth-order valence-corrected chi connectivity index (χ4v) is 3.71. The maximum Gasteiger partial charge on any atom is 0.277 e. The number of anilines is 2. The molecular formula is C21H21FN4O3S. The molecule has 2 aromatic carbocycles. The molecule has 1 saturated heterocycles. The first-order valence-electron chi connectivity index (χ1n) is 9.59. The lowest BCUT2D eigenvalue weighted by atomic mass is 10.2. The number of carbonyl (C=O) groups is 1. The Morgan fingerprint density at radius 3 is 2.60 bits per heavy atom. The van der Waals surface area contributed by atoms with Gasteiger partial charge in [0.1, 0.15) is 5.82 Å². The molecule has 1 aromatic heterocycles. The summed E-state index contributed by atoms with van der Waals surface area (Å²) in [5, 5.41) is 10.4. The van der Waals surface area contributed by atoms with Crippen molar-refractivity contribution in [1.82, 2.24) is 10.2 Å². The lowest BCUT2D eigenvalue weighted by molar-refractivity contribution is -0.115. The number of ether oxygens (including phenoxy) is 1. The van der Waals surface area contributed by atoms with Crippen LogP contribution in [0.25, 0.3) is 11.5 Å². The molecule has 1 atom stereocenters. The van der Waals surface area contributed by atoms with Gasteiger partial charge in [-0.05, 0) is 43.3 Å². The van der Waals surface area contributed by atoms with E-state index in [-0.39, 0.29) is 22.6 Å². The van der Waals surface area contributed by atoms with Gasteiger partial charge in [-0.1, -0.05) is 23.9 Å². The molecule has 1 aliphatic heterocycles. The number of hydrogen-bond acceptors (Lipinski definition) is 7.